The molecule has 0 radical (unpaired) electrons. The van der Waals surface area contributed by atoms with Gasteiger partial charge in [-0.2, -0.15) is 0 Å². The summed E-state index contributed by atoms with van der Waals surface area (Å²) in [6.07, 6.45) is 0.893. The first-order valence-electron chi connectivity index (χ1n) is 8.65. The third-order valence-electron chi connectivity index (χ3n) is 4.59. The lowest BCUT2D eigenvalue weighted by atomic mass is 10.1. The largest absolute Gasteiger partial charge is 0.453 e. The highest BCUT2D eigenvalue weighted by Crippen LogP contribution is 2.50. The van der Waals surface area contributed by atoms with Crippen molar-refractivity contribution in [2.75, 3.05) is 4.90 Å². The van der Waals surface area contributed by atoms with Crippen molar-refractivity contribution >= 4 is 34.7 Å². The van der Waals surface area contributed by atoms with Crippen LogP contribution in [0.1, 0.15) is 9.67 Å². The summed E-state index contributed by atoms with van der Waals surface area (Å²) in [7, 11) is 0. The van der Waals surface area contributed by atoms with Gasteiger partial charge in [0.05, 0.1) is 16.3 Å². The maximum Gasteiger partial charge on any atom is 0.160 e. The van der Waals surface area contributed by atoms with Crippen LogP contribution in [-0.2, 0) is 0 Å². The van der Waals surface area contributed by atoms with Gasteiger partial charge in [0.25, 0.3) is 0 Å². The number of aldehydes is 1. The molecule has 0 amide bonds. The van der Waals surface area contributed by atoms with Gasteiger partial charge in [-0.1, -0.05) is 36.4 Å². The number of anilines is 3. The van der Waals surface area contributed by atoms with Crippen molar-refractivity contribution in [1.29, 1.82) is 0 Å². The van der Waals surface area contributed by atoms with E-state index in [4.69, 9.17) is 4.74 Å². The van der Waals surface area contributed by atoms with Crippen LogP contribution in [-0.4, -0.2) is 6.29 Å². The molecule has 0 atom stereocenters. The maximum atomic E-state index is 10.9. The molecular formula is C23H15NO2S. The van der Waals surface area contributed by atoms with E-state index in [1.54, 1.807) is 0 Å². The van der Waals surface area contributed by atoms with E-state index in [1.807, 2.05) is 48.5 Å². The second-order valence-corrected chi connectivity index (χ2v) is 7.36. The minimum absolute atomic E-state index is 0.741. The molecule has 1 aliphatic heterocycles. The van der Waals surface area contributed by atoms with E-state index >= 15 is 0 Å². The van der Waals surface area contributed by atoms with Crippen LogP contribution in [0.3, 0.4) is 0 Å². The van der Waals surface area contributed by atoms with Gasteiger partial charge in [-0.25, -0.2) is 0 Å². The number of nitrogens with zero attached hydrogens (tertiary/aromatic N) is 1. The van der Waals surface area contributed by atoms with Gasteiger partial charge in [0.1, 0.15) is 0 Å². The molecule has 0 N–H and O–H groups in total. The number of rotatable bonds is 3. The van der Waals surface area contributed by atoms with Crippen LogP contribution in [0.5, 0.6) is 11.5 Å². The van der Waals surface area contributed by atoms with E-state index in [0.29, 0.717) is 0 Å². The molecule has 0 unspecified atom stereocenters. The van der Waals surface area contributed by atoms with Crippen molar-refractivity contribution in [3.05, 3.63) is 89.8 Å². The topological polar surface area (TPSA) is 29.5 Å². The zero-order chi connectivity index (χ0) is 18.2. The minimum atomic E-state index is 0.741. The normalized spacial score (nSPS) is 12.1. The van der Waals surface area contributed by atoms with Gasteiger partial charge in [0.15, 0.2) is 17.8 Å². The smallest absolute Gasteiger partial charge is 0.160 e. The predicted octanol–water partition coefficient (Wildman–Crippen LogP) is 6.80. The van der Waals surface area contributed by atoms with Crippen molar-refractivity contribution in [1.82, 2.24) is 0 Å². The van der Waals surface area contributed by atoms with Gasteiger partial charge in [-0.15, -0.1) is 11.3 Å². The van der Waals surface area contributed by atoms with E-state index in [1.165, 1.54) is 11.3 Å². The Hall–Kier alpha value is -3.37. The zero-order valence-corrected chi connectivity index (χ0v) is 15.1. The number of ether oxygens (including phenoxy) is 1. The molecule has 130 valence electrons. The van der Waals surface area contributed by atoms with Crippen molar-refractivity contribution < 1.29 is 9.53 Å². The second-order valence-electron chi connectivity index (χ2n) is 6.24. The number of benzene rings is 3. The lowest BCUT2D eigenvalue weighted by Crippen LogP contribution is -2.15. The second kappa shape index (κ2) is 6.41. The predicted molar refractivity (Wildman–Crippen MR) is 110 cm³/mol. The van der Waals surface area contributed by atoms with E-state index in [2.05, 4.69) is 41.3 Å². The van der Waals surface area contributed by atoms with Crippen LogP contribution in [0.15, 0.2) is 84.9 Å². The summed E-state index contributed by atoms with van der Waals surface area (Å²) in [5.74, 6) is 1.68. The lowest BCUT2D eigenvalue weighted by Gasteiger charge is -2.32. The number of thiophene rings is 1. The number of hydrogen-bond donors (Lipinski definition) is 0. The summed E-state index contributed by atoms with van der Waals surface area (Å²) in [5, 5.41) is 0. The average Bonchev–Trinajstić information content (AvgIpc) is 3.21. The number of hydrogen-bond acceptors (Lipinski definition) is 4. The summed E-state index contributed by atoms with van der Waals surface area (Å²) in [5.41, 5.74) is 4.20. The Morgan fingerprint density at radius 3 is 1.96 bits per heavy atom. The van der Waals surface area contributed by atoms with Crippen LogP contribution in [0.25, 0.3) is 10.4 Å². The van der Waals surface area contributed by atoms with Gasteiger partial charge >= 0.3 is 0 Å². The Labute approximate surface area is 161 Å². The molecule has 0 fully saturated rings. The standard InChI is InChI=1S/C23H15NO2S/c25-15-18-13-14-23(27-18)16-9-11-17(12-10-16)24-19-5-1-3-7-21(19)26-22-8-4-2-6-20(22)24/h1-15H. The summed E-state index contributed by atoms with van der Waals surface area (Å²) in [6, 6.07) is 28.3. The summed E-state index contributed by atoms with van der Waals surface area (Å²) in [4.78, 5) is 15.0. The van der Waals surface area contributed by atoms with Crippen LogP contribution < -0.4 is 9.64 Å². The first kappa shape index (κ1) is 15.9. The SMILES string of the molecule is O=Cc1ccc(-c2ccc(N3c4ccccc4Oc4ccccc43)cc2)s1. The van der Waals surface area contributed by atoms with Crippen molar-refractivity contribution in [3.63, 3.8) is 0 Å². The summed E-state index contributed by atoms with van der Waals surface area (Å²) in [6.45, 7) is 0. The Morgan fingerprint density at radius 1 is 0.741 bits per heavy atom. The van der Waals surface area contributed by atoms with E-state index in [9.17, 15) is 4.79 Å². The lowest BCUT2D eigenvalue weighted by molar-refractivity contribution is 0.112. The Bertz CT molecular complexity index is 1090. The number of carbonyl (C=O) groups excluding carboxylic acids is 1. The van der Waals surface area contributed by atoms with Crippen LogP contribution >= 0.6 is 11.3 Å². The highest BCUT2D eigenvalue weighted by atomic mass is 32.1. The molecule has 3 aromatic carbocycles. The molecule has 4 aromatic rings. The fraction of sp³-hybridized carbons (Fsp3) is 0. The molecule has 0 spiro atoms. The Balaban J connectivity index is 1.59. The van der Waals surface area contributed by atoms with Gasteiger partial charge in [-0.05, 0) is 54.1 Å². The van der Waals surface area contributed by atoms with E-state index in [-0.39, 0.29) is 0 Å². The molecule has 0 bridgehead atoms. The molecule has 1 aliphatic rings. The van der Waals surface area contributed by atoms with E-state index < -0.39 is 0 Å². The van der Waals surface area contributed by atoms with Crippen molar-refractivity contribution in [2.24, 2.45) is 0 Å². The third kappa shape index (κ3) is 2.71. The third-order valence-corrected chi connectivity index (χ3v) is 5.64. The highest BCUT2D eigenvalue weighted by molar-refractivity contribution is 7.17. The Kier molecular flexibility index (Phi) is 3.77. The summed E-state index contributed by atoms with van der Waals surface area (Å²) >= 11 is 1.50. The van der Waals surface area contributed by atoms with E-state index in [0.717, 1.165) is 50.2 Å². The van der Waals surface area contributed by atoms with Crippen LogP contribution in [0.4, 0.5) is 17.1 Å². The molecule has 5 rings (SSSR count). The number of para-hydroxylation sites is 4. The maximum absolute atomic E-state index is 10.9. The van der Waals surface area contributed by atoms with Crippen LogP contribution in [0.2, 0.25) is 0 Å². The van der Waals surface area contributed by atoms with Gasteiger partial charge in [-0.3, -0.25) is 4.79 Å². The monoisotopic (exact) mass is 369 g/mol. The molecule has 0 aliphatic carbocycles. The first-order valence-corrected chi connectivity index (χ1v) is 9.46. The molecule has 1 aromatic heterocycles. The average molecular weight is 369 g/mol. The minimum Gasteiger partial charge on any atom is -0.453 e. The molecule has 3 nitrogen and oxygen atoms in total. The quantitative estimate of drug-likeness (QED) is 0.327. The zero-order valence-electron chi connectivity index (χ0n) is 14.3. The number of carbonyl (C=O) groups is 1. The van der Waals surface area contributed by atoms with Crippen molar-refractivity contribution in [2.45, 2.75) is 0 Å². The highest BCUT2D eigenvalue weighted by Gasteiger charge is 2.24. The molecule has 0 saturated carbocycles. The van der Waals surface area contributed by atoms with Gasteiger partial charge in [0, 0.05) is 10.6 Å². The molecule has 0 saturated heterocycles. The first-order chi connectivity index (χ1) is 13.3. The van der Waals surface area contributed by atoms with Crippen molar-refractivity contribution in [3.8, 4) is 21.9 Å². The molecule has 27 heavy (non-hydrogen) atoms. The fourth-order valence-corrected chi connectivity index (χ4v) is 4.16. The number of fused-ring (bicyclic) bond motifs is 2. The van der Waals surface area contributed by atoms with Gasteiger partial charge < -0.3 is 9.64 Å². The molecule has 4 heteroatoms. The molecule has 2 heterocycles. The fourth-order valence-electron chi connectivity index (χ4n) is 3.33. The van der Waals surface area contributed by atoms with Crippen LogP contribution in [0, 0.1) is 0 Å². The van der Waals surface area contributed by atoms with Gasteiger partial charge in [0.2, 0.25) is 0 Å². The Morgan fingerprint density at radius 2 is 1.37 bits per heavy atom. The summed E-state index contributed by atoms with van der Waals surface area (Å²) < 4.78 is 6.06. The molecular weight excluding hydrogens is 354 g/mol.